The molecule has 0 amide bonds. The van der Waals surface area contributed by atoms with Gasteiger partial charge in [0, 0.05) is 38.9 Å². The summed E-state index contributed by atoms with van der Waals surface area (Å²) in [5.41, 5.74) is 2.91. The van der Waals surface area contributed by atoms with Crippen LogP contribution in [0, 0.1) is 6.92 Å². The third-order valence-corrected chi connectivity index (χ3v) is 4.56. The van der Waals surface area contributed by atoms with Crippen molar-refractivity contribution in [3.63, 3.8) is 0 Å². The van der Waals surface area contributed by atoms with Gasteiger partial charge in [-0.1, -0.05) is 18.2 Å². The van der Waals surface area contributed by atoms with E-state index in [1.54, 1.807) is 13.1 Å². The van der Waals surface area contributed by atoms with Crippen LogP contribution in [-0.2, 0) is 13.1 Å². The number of alkyl halides is 3. The van der Waals surface area contributed by atoms with Crippen LogP contribution in [0.2, 0.25) is 0 Å². The van der Waals surface area contributed by atoms with E-state index < -0.39 is 12.8 Å². The lowest BCUT2D eigenvalue weighted by molar-refractivity contribution is -0.154. The molecular weight excluding hydrogens is 536 g/mol. The summed E-state index contributed by atoms with van der Waals surface area (Å²) >= 11 is 0. The van der Waals surface area contributed by atoms with E-state index in [9.17, 15) is 13.2 Å². The summed E-state index contributed by atoms with van der Waals surface area (Å²) in [6.45, 7) is 2.62. The molecule has 0 atom stereocenters. The van der Waals surface area contributed by atoms with Crippen molar-refractivity contribution in [3.8, 4) is 5.88 Å². The molecule has 32 heavy (non-hydrogen) atoms. The maximum Gasteiger partial charge on any atom is 0.422 e. The maximum atomic E-state index is 12.2. The summed E-state index contributed by atoms with van der Waals surface area (Å²) in [6, 6.07) is 11.1. The number of hydrogen-bond donors (Lipinski definition) is 2. The largest absolute Gasteiger partial charge is 0.468 e. The van der Waals surface area contributed by atoms with E-state index in [4.69, 9.17) is 0 Å². The van der Waals surface area contributed by atoms with Crippen LogP contribution in [0.4, 0.5) is 13.2 Å². The third kappa shape index (κ3) is 7.53. The number of nitrogens with one attached hydrogen (secondary N) is 2. The highest BCUT2D eigenvalue weighted by atomic mass is 127. The molecule has 0 bridgehead atoms. The Morgan fingerprint density at radius 2 is 1.94 bits per heavy atom. The second-order valence-corrected chi connectivity index (χ2v) is 6.91. The number of fused-ring (bicyclic) bond motifs is 1. The fourth-order valence-electron chi connectivity index (χ4n) is 3.09. The Morgan fingerprint density at radius 1 is 1.16 bits per heavy atom. The van der Waals surface area contributed by atoms with Gasteiger partial charge < -0.3 is 19.9 Å². The molecule has 7 nitrogen and oxygen atoms in total. The number of aryl methyl sites for hydroxylation is 2. The lowest BCUT2D eigenvalue weighted by atomic mass is 10.3. The Bertz CT molecular complexity index is 1020. The number of para-hydroxylation sites is 2. The summed E-state index contributed by atoms with van der Waals surface area (Å²) in [5.74, 6) is 1.55. The molecule has 0 aliphatic heterocycles. The Hall–Kier alpha value is -2.57. The molecule has 174 valence electrons. The predicted octanol–water partition coefficient (Wildman–Crippen LogP) is 4.05. The number of rotatable bonds is 8. The Morgan fingerprint density at radius 3 is 2.62 bits per heavy atom. The third-order valence-electron chi connectivity index (χ3n) is 4.56. The maximum absolute atomic E-state index is 12.2. The van der Waals surface area contributed by atoms with Gasteiger partial charge in [-0.05, 0) is 31.0 Å². The van der Waals surface area contributed by atoms with Crippen LogP contribution in [-0.4, -0.2) is 46.9 Å². The number of halogens is 4. The van der Waals surface area contributed by atoms with Gasteiger partial charge in [-0.3, -0.25) is 4.99 Å². The number of guanidine groups is 1. The number of ether oxygens (including phenoxy) is 1. The normalized spacial score (nSPS) is 11.8. The van der Waals surface area contributed by atoms with E-state index in [1.807, 2.05) is 25.1 Å². The van der Waals surface area contributed by atoms with Gasteiger partial charge in [0.25, 0.3) is 0 Å². The van der Waals surface area contributed by atoms with Gasteiger partial charge in [-0.2, -0.15) is 13.2 Å². The SMILES string of the molecule is CN=C(NCCCn1c(C)nc2ccccc21)NCc1ccc(OCC(F)(F)F)nc1.I. The quantitative estimate of drug-likeness (QED) is 0.188. The number of nitrogens with zero attached hydrogens (tertiary/aromatic N) is 4. The number of hydrogen-bond acceptors (Lipinski definition) is 4. The lowest BCUT2D eigenvalue weighted by Crippen LogP contribution is -2.37. The molecule has 2 N–H and O–H groups in total. The Labute approximate surface area is 201 Å². The number of aliphatic imine (C=N–C) groups is 1. The first-order valence-electron chi connectivity index (χ1n) is 9.86. The minimum absolute atomic E-state index is 0. The molecule has 0 saturated heterocycles. The van der Waals surface area contributed by atoms with Crippen molar-refractivity contribution in [2.45, 2.75) is 32.6 Å². The summed E-state index contributed by atoms with van der Waals surface area (Å²) < 4.78 is 43.3. The van der Waals surface area contributed by atoms with Crippen LogP contribution in [0.15, 0.2) is 47.6 Å². The molecular formula is C21H26F3IN6O. The number of imidazole rings is 1. The molecule has 0 saturated carbocycles. The fourth-order valence-corrected chi connectivity index (χ4v) is 3.09. The van der Waals surface area contributed by atoms with Crippen LogP contribution in [0.3, 0.4) is 0 Å². The molecule has 0 aliphatic carbocycles. The van der Waals surface area contributed by atoms with Crippen molar-refractivity contribution in [2.24, 2.45) is 4.99 Å². The summed E-state index contributed by atoms with van der Waals surface area (Å²) in [7, 11) is 1.68. The molecule has 0 radical (unpaired) electrons. The molecule has 3 rings (SSSR count). The average molecular weight is 562 g/mol. The van der Waals surface area contributed by atoms with Crippen molar-refractivity contribution in [1.82, 2.24) is 25.2 Å². The minimum atomic E-state index is -4.39. The van der Waals surface area contributed by atoms with Crippen LogP contribution >= 0.6 is 24.0 Å². The zero-order chi connectivity index (χ0) is 22.3. The number of benzene rings is 1. The van der Waals surface area contributed by atoms with Gasteiger partial charge in [0.1, 0.15) is 5.82 Å². The predicted molar refractivity (Wildman–Crippen MR) is 128 cm³/mol. The summed E-state index contributed by atoms with van der Waals surface area (Å²) in [6.07, 6.45) is -2.03. The standard InChI is InChI=1S/C21H25F3N6O.HI/c1-15-29-17-6-3-4-7-18(17)30(15)11-5-10-26-20(25-2)28-13-16-8-9-19(27-12-16)31-14-21(22,23)24;/h3-4,6-9,12H,5,10-11,13-14H2,1-2H3,(H2,25,26,28);1H. The van der Waals surface area contributed by atoms with E-state index in [-0.39, 0.29) is 29.9 Å². The summed E-state index contributed by atoms with van der Waals surface area (Å²) in [5, 5.41) is 6.41. The van der Waals surface area contributed by atoms with Crippen LogP contribution in [0.25, 0.3) is 11.0 Å². The zero-order valence-electron chi connectivity index (χ0n) is 17.8. The zero-order valence-corrected chi connectivity index (χ0v) is 20.1. The first kappa shape index (κ1) is 25.7. The average Bonchev–Trinajstić information content (AvgIpc) is 3.07. The monoisotopic (exact) mass is 562 g/mol. The van der Waals surface area contributed by atoms with Crippen molar-refractivity contribution in [2.75, 3.05) is 20.2 Å². The van der Waals surface area contributed by atoms with Gasteiger partial charge in [0.05, 0.1) is 11.0 Å². The molecule has 3 aromatic rings. The minimum Gasteiger partial charge on any atom is -0.468 e. The van der Waals surface area contributed by atoms with Gasteiger partial charge in [0.15, 0.2) is 12.6 Å². The first-order chi connectivity index (χ1) is 14.9. The number of aromatic nitrogens is 3. The van der Waals surface area contributed by atoms with Crippen molar-refractivity contribution >= 4 is 41.0 Å². The van der Waals surface area contributed by atoms with Gasteiger partial charge in [0.2, 0.25) is 5.88 Å². The highest BCUT2D eigenvalue weighted by Gasteiger charge is 2.28. The van der Waals surface area contributed by atoms with Crippen LogP contribution < -0.4 is 15.4 Å². The topological polar surface area (TPSA) is 76.4 Å². The van der Waals surface area contributed by atoms with Gasteiger partial charge >= 0.3 is 6.18 Å². The van der Waals surface area contributed by atoms with Crippen molar-refractivity contribution in [1.29, 1.82) is 0 Å². The molecule has 0 unspecified atom stereocenters. The number of pyridine rings is 1. The Kier molecular flexibility index (Phi) is 9.54. The van der Waals surface area contributed by atoms with E-state index in [1.165, 1.54) is 12.3 Å². The van der Waals surface area contributed by atoms with E-state index in [2.05, 4.69) is 41.0 Å². The van der Waals surface area contributed by atoms with Crippen molar-refractivity contribution < 1.29 is 17.9 Å². The smallest absolute Gasteiger partial charge is 0.422 e. The summed E-state index contributed by atoms with van der Waals surface area (Å²) in [4.78, 5) is 12.6. The molecule has 0 fully saturated rings. The van der Waals surface area contributed by atoms with Crippen molar-refractivity contribution in [3.05, 3.63) is 54.0 Å². The van der Waals surface area contributed by atoms with Gasteiger partial charge in [-0.15, -0.1) is 24.0 Å². The molecule has 0 aliphatic rings. The highest BCUT2D eigenvalue weighted by molar-refractivity contribution is 14.0. The molecule has 11 heteroatoms. The van der Waals surface area contributed by atoms with Gasteiger partial charge in [-0.25, -0.2) is 9.97 Å². The molecule has 0 spiro atoms. The highest BCUT2D eigenvalue weighted by Crippen LogP contribution is 2.17. The second-order valence-electron chi connectivity index (χ2n) is 6.91. The second kappa shape index (κ2) is 11.9. The molecule has 2 heterocycles. The Balaban J connectivity index is 0.00000363. The van der Waals surface area contributed by atoms with Crippen LogP contribution in [0.5, 0.6) is 5.88 Å². The van der Waals surface area contributed by atoms with E-state index in [0.717, 1.165) is 35.4 Å². The van der Waals surface area contributed by atoms with E-state index >= 15 is 0 Å². The lowest BCUT2D eigenvalue weighted by Gasteiger charge is -2.13. The first-order valence-corrected chi connectivity index (χ1v) is 9.86. The molecule has 1 aromatic carbocycles. The van der Waals surface area contributed by atoms with Crippen LogP contribution in [0.1, 0.15) is 17.8 Å². The fraction of sp³-hybridized carbons (Fsp3) is 0.381. The van der Waals surface area contributed by atoms with E-state index in [0.29, 0.717) is 19.0 Å². The molecule has 2 aromatic heterocycles.